The van der Waals surface area contributed by atoms with Crippen LogP contribution >= 0.6 is 0 Å². The number of rotatable bonds is 1. The summed E-state index contributed by atoms with van der Waals surface area (Å²) < 4.78 is 4.43. The first-order valence-corrected chi connectivity index (χ1v) is 3.13. The van der Waals surface area contributed by atoms with Crippen LogP contribution in [0, 0.1) is 0 Å². The Morgan fingerprint density at radius 1 is 1.60 bits per heavy atom. The molecule has 5 nitrogen and oxygen atoms in total. The maximum atomic E-state index is 9.98. The molecule has 0 bridgehead atoms. The van der Waals surface area contributed by atoms with E-state index in [2.05, 4.69) is 15.4 Å². The molecule has 0 spiro atoms. The van der Waals surface area contributed by atoms with Crippen molar-refractivity contribution in [3.05, 3.63) is 0 Å². The summed E-state index contributed by atoms with van der Waals surface area (Å²) in [4.78, 5) is 9.98. The van der Waals surface area contributed by atoms with E-state index in [9.17, 15) is 4.79 Å². The predicted molar refractivity (Wildman–Crippen MR) is 33.8 cm³/mol. The molecule has 0 saturated carbocycles. The molecule has 10 heavy (non-hydrogen) atoms. The highest BCUT2D eigenvalue weighted by Gasteiger charge is 2.14. The van der Waals surface area contributed by atoms with E-state index in [0.29, 0.717) is 6.54 Å². The van der Waals surface area contributed by atoms with Gasteiger partial charge in [-0.05, 0) is 0 Å². The summed E-state index contributed by atoms with van der Waals surface area (Å²) in [7, 11) is 0. The van der Waals surface area contributed by atoms with Gasteiger partial charge in [0.2, 0.25) is 0 Å². The average Bonchev–Trinajstić information content (AvgIpc) is 1.88. The number of ether oxygens (including phenoxy) is 1. The molecule has 1 saturated heterocycles. The van der Waals surface area contributed by atoms with E-state index in [4.69, 9.17) is 5.11 Å². The highest BCUT2D eigenvalue weighted by Crippen LogP contribution is 1.89. The molecule has 0 unspecified atom stereocenters. The zero-order chi connectivity index (χ0) is 7.40. The van der Waals surface area contributed by atoms with Crippen LogP contribution in [-0.2, 0) is 4.74 Å². The van der Waals surface area contributed by atoms with Gasteiger partial charge in [0.05, 0.1) is 0 Å². The Kier molecular flexibility index (Phi) is 2.47. The zero-order valence-corrected chi connectivity index (χ0v) is 5.46. The van der Waals surface area contributed by atoms with Crippen LogP contribution in [-0.4, -0.2) is 37.1 Å². The molecule has 58 valence electrons. The topological polar surface area (TPSA) is 70.6 Å². The fourth-order valence-electron chi connectivity index (χ4n) is 0.832. The van der Waals surface area contributed by atoms with Crippen molar-refractivity contribution in [3.63, 3.8) is 0 Å². The van der Waals surface area contributed by atoms with Gasteiger partial charge in [-0.2, -0.15) is 0 Å². The average molecular weight is 146 g/mol. The molecule has 1 heterocycles. The molecule has 0 radical (unpaired) electrons. The van der Waals surface area contributed by atoms with Gasteiger partial charge in [0, 0.05) is 19.6 Å². The van der Waals surface area contributed by atoms with Crippen LogP contribution in [0.2, 0.25) is 0 Å². The first-order chi connectivity index (χ1) is 4.79. The second kappa shape index (κ2) is 3.38. The highest BCUT2D eigenvalue weighted by molar-refractivity contribution is 5.57. The van der Waals surface area contributed by atoms with Gasteiger partial charge in [0.1, 0.15) is 0 Å². The molecular formula is C5H10N2O3. The van der Waals surface area contributed by atoms with Crippen molar-refractivity contribution >= 4 is 6.16 Å². The fourth-order valence-corrected chi connectivity index (χ4v) is 0.832. The molecule has 0 aromatic carbocycles. The number of nitrogens with one attached hydrogen (secondary N) is 2. The van der Waals surface area contributed by atoms with Crippen LogP contribution in [0.25, 0.3) is 0 Å². The van der Waals surface area contributed by atoms with Crippen molar-refractivity contribution in [1.82, 2.24) is 10.6 Å². The minimum Gasteiger partial charge on any atom is -0.450 e. The highest BCUT2D eigenvalue weighted by atomic mass is 16.7. The van der Waals surface area contributed by atoms with E-state index in [1.807, 2.05) is 0 Å². The summed E-state index contributed by atoms with van der Waals surface area (Å²) in [6.45, 7) is 2.16. The van der Waals surface area contributed by atoms with Gasteiger partial charge in [-0.15, -0.1) is 0 Å². The largest absolute Gasteiger partial charge is 0.507 e. The summed E-state index contributed by atoms with van der Waals surface area (Å²) in [5.74, 6) is 0. The Labute approximate surface area is 58.4 Å². The van der Waals surface area contributed by atoms with Crippen LogP contribution in [0.3, 0.4) is 0 Å². The van der Waals surface area contributed by atoms with Gasteiger partial charge >= 0.3 is 6.16 Å². The molecule has 3 N–H and O–H groups in total. The van der Waals surface area contributed by atoms with Crippen LogP contribution in [0.4, 0.5) is 4.79 Å². The van der Waals surface area contributed by atoms with Crippen molar-refractivity contribution < 1.29 is 14.6 Å². The van der Waals surface area contributed by atoms with Crippen molar-refractivity contribution in [2.24, 2.45) is 0 Å². The van der Waals surface area contributed by atoms with Gasteiger partial charge in [0.15, 0.2) is 6.23 Å². The number of carboxylic acid groups (broad SMARTS) is 1. The molecule has 5 heteroatoms. The lowest BCUT2D eigenvalue weighted by molar-refractivity contribution is 0.0309. The summed E-state index contributed by atoms with van der Waals surface area (Å²) in [5, 5.41) is 14.0. The normalized spacial score (nSPS) is 25.8. The van der Waals surface area contributed by atoms with E-state index < -0.39 is 6.16 Å². The standard InChI is InChI=1S/C5H10N2O3/c8-5(9)10-4-3-6-1-2-7-4/h4,6-7H,1-3H2,(H,8,9)/t4-/m0/s1. The second-order valence-electron chi connectivity index (χ2n) is 2.03. The maximum Gasteiger partial charge on any atom is 0.507 e. The molecule has 0 amide bonds. The Balaban J connectivity index is 2.19. The van der Waals surface area contributed by atoms with Crippen molar-refractivity contribution in [3.8, 4) is 0 Å². The van der Waals surface area contributed by atoms with Gasteiger partial charge in [-0.1, -0.05) is 0 Å². The predicted octanol–water partition coefficient (Wildman–Crippen LogP) is -0.800. The van der Waals surface area contributed by atoms with Crippen molar-refractivity contribution in [2.75, 3.05) is 19.6 Å². The van der Waals surface area contributed by atoms with E-state index >= 15 is 0 Å². The Hall–Kier alpha value is -0.810. The quantitative estimate of drug-likeness (QED) is 0.422. The summed E-state index contributed by atoms with van der Waals surface area (Å²) in [5.41, 5.74) is 0. The van der Waals surface area contributed by atoms with E-state index in [0.717, 1.165) is 13.1 Å². The monoisotopic (exact) mass is 146 g/mol. The van der Waals surface area contributed by atoms with E-state index in [1.54, 1.807) is 0 Å². The molecule has 0 aromatic rings. The van der Waals surface area contributed by atoms with Crippen molar-refractivity contribution in [1.29, 1.82) is 0 Å². The molecule has 1 fully saturated rings. The SMILES string of the molecule is O=C(O)O[C@H]1CNCCN1. The minimum absolute atomic E-state index is 0.383. The smallest absolute Gasteiger partial charge is 0.450 e. The first-order valence-electron chi connectivity index (χ1n) is 3.13. The van der Waals surface area contributed by atoms with Gasteiger partial charge in [-0.3, -0.25) is 5.32 Å². The fraction of sp³-hybridized carbons (Fsp3) is 0.800. The lowest BCUT2D eigenvalue weighted by atomic mass is 10.4. The van der Waals surface area contributed by atoms with Crippen LogP contribution in [0.5, 0.6) is 0 Å². The third-order valence-corrected chi connectivity index (χ3v) is 1.25. The molecule has 1 aliphatic heterocycles. The van der Waals surface area contributed by atoms with Gasteiger partial charge in [0.25, 0.3) is 0 Å². The van der Waals surface area contributed by atoms with Crippen molar-refractivity contribution in [2.45, 2.75) is 6.23 Å². The summed E-state index contributed by atoms with van der Waals surface area (Å²) in [6, 6.07) is 0. The number of piperazine rings is 1. The molecule has 1 aliphatic rings. The molecule has 0 aromatic heterocycles. The lowest BCUT2D eigenvalue weighted by Crippen LogP contribution is -2.50. The zero-order valence-electron chi connectivity index (χ0n) is 5.46. The Bertz CT molecular complexity index is 122. The lowest BCUT2D eigenvalue weighted by Gasteiger charge is -2.22. The summed E-state index contributed by atoms with van der Waals surface area (Å²) >= 11 is 0. The van der Waals surface area contributed by atoms with Crippen LogP contribution in [0.15, 0.2) is 0 Å². The van der Waals surface area contributed by atoms with E-state index in [1.165, 1.54) is 0 Å². The van der Waals surface area contributed by atoms with E-state index in [-0.39, 0.29) is 6.23 Å². The number of hydrogen-bond acceptors (Lipinski definition) is 4. The van der Waals surface area contributed by atoms with Crippen LogP contribution < -0.4 is 10.6 Å². The molecule has 0 aliphatic carbocycles. The Morgan fingerprint density at radius 3 is 2.90 bits per heavy atom. The van der Waals surface area contributed by atoms with Gasteiger partial charge < -0.3 is 15.2 Å². The Morgan fingerprint density at radius 2 is 2.40 bits per heavy atom. The molecule has 1 rings (SSSR count). The summed E-state index contributed by atoms with van der Waals surface area (Å²) in [6.07, 6.45) is -1.62. The second-order valence-corrected chi connectivity index (χ2v) is 2.03. The van der Waals surface area contributed by atoms with Crippen LogP contribution in [0.1, 0.15) is 0 Å². The maximum absolute atomic E-state index is 9.98. The molecule has 1 atom stereocenters. The third kappa shape index (κ3) is 2.20. The van der Waals surface area contributed by atoms with Gasteiger partial charge in [-0.25, -0.2) is 4.79 Å². The molecular weight excluding hydrogens is 136 g/mol. The minimum atomic E-state index is -1.23. The first kappa shape index (κ1) is 7.30. The number of carbonyl (C=O) groups is 1. The third-order valence-electron chi connectivity index (χ3n) is 1.25. The number of hydrogen-bond donors (Lipinski definition) is 3.